The summed E-state index contributed by atoms with van der Waals surface area (Å²) in [6.45, 7) is 1.06. The van der Waals surface area contributed by atoms with Crippen LogP contribution in [0.15, 0.2) is 51.7 Å². The van der Waals surface area contributed by atoms with E-state index in [4.69, 9.17) is 32.4 Å². The molecule has 2 aliphatic rings. The number of para-hydroxylation sites is 1. The third-order valence-corrected chi connectivity index (χ3v) is 6.30. The molecule has 0 spiro atoms. The molecule has 148 valence electrons. The van der Waals surface area contributed by atoms with Crippen molar-refractivity contribution in [1.82, 2.24) is 4.90 Å². The maximum atomic E-state index is 13.4. The number of amides is 1. The van der Waals surface area contributed by atoms with Gasteiger partial charge in [-0.1, -0.05) is 41.4 Å². The largest absolute Gasteiger partial charge is 0.450 e. The molecule has 0 unspecified atom stereocenters. The number of nitrogens with zero attached hydrogens (tertiary/aromatic N) is 1. The summed E-state index contributed by atoms with van der Waals surface area (Å²) in [6.07, 6.45) is 1.76. The summed E-state index contributed by atoms with van der Waals surface area (Å²) in [5.74, 6) is -0.225. The van der Waals surface area contributed by atoms with Crippen LogP contribution >= 0.6 is 23.2 Å². The molecule has 2 aliphatic heterocycles. The minimum atomic E-state index is -0.600. The average molecular weight is 430 g/mol. The van der Waals surface area contributed by atoms with Crippen LogP contribution in [0, 0.1) is 0 Å². The molecule has 5 nitrogen and oxygen atoms in total. The van der Waals surface area contributed by atoms with E-state index in [0.717, 1.165) is 12.8 Å². The van der Waals surface area contributed by atoms with Gasteiger partial charge in [0.2, 0.25) is 5.76 Å². The van der Waals surface area contributed by atoms with Crippen molar-refractivity contribution in [1.29, 1.82) is 0 Å². The predicted octanol–water partition coefficient (Wildman–Crippen LogP) is 4.82. The lowest BCUT2D eigenvalue weighted by Gasteiger charge is -2.27. The van der Waals surface area contributed by atoms with E-state index >= 15 is 0 Å². The highest BCUT2D eigenvalue weighted by Crippen LogP contribution is 2.40. The van der Waals surface area contributed by atoms with Crippen LogP contribution in [0.5, 0.6) is 0 Å². The maximum Gasteiger partial charge on any atom is 0.291 e. The number of fused-ring (bicyclic) bond motifs is 2. The Bertz CT molecular complexity index is 1180. The predicted molar refractivity (Wildman–Crippen MR) is 111 cm³/mol. The lowest BCUT2D eigenvalue weighted by molar-refractivity contribution is 0.0486. The monoisotopic (exact) mass is 429 g/mol. The average Bonchev–Trinajstić information content (AvgIpc) is 3.32. The van der Waals surface area contributed by atoms with Crippen LogP contribution in [0.3, 0.4) is 0 Å². The summed E-state index contributed by atoms with van der Waals surface area (Å²) >= 11 is 12.3. The van der Waals surface area contributed by atoms with Crippen LogP contribution in [-0.4, -0.2) is 30.1 Å². The molecule has 1 fully saturated rings. The smallest absolute Gasteiger partial charge is 0.291 e. The normalized spacial score (nSPS) is 21.2. The fraction of sp³-hybridized carbons (Fsp3) is 0.273. The number of rotatable bonds is 3. The van der Waals surface area contributed by atoms with Crippen LogP contribution < -0.4 is 5.43 Å². The van der Waals surface area contributed by atoms with Crippen LogP contribution in [0.2, 0.25) is 10.0 Å². The second kappa shape index (κ2) is 7.17. The molecule has 5 rings (SSSR count). The highest BCUT2D eigenvalue weighted by atomic mass is 35.5. The molecule has 0 saturated carbocycles. The van der Waals surface area contributed by atoms with Gasteiger partial charge in [-0.15, -0.1) is 0 Å². The van der Waals surface area contributed by atoms with Gasteiger partial charge in [-0.2, -0.15) is 0 Å². The van der Waals surface area contributed by atoms with Gasteiger partial charge in [0.15, 0.2) is 5.43 Å². The van der Waals surface area contributed by atoms with Crippen molar-refractivity contribution >= 4 is 40.1 Å². The third kappa shape index (κ3) is 3.05. The van der Waals surface area contributed by atoms with E-state index in [-0.39, 0.29) is 23.2 Å². The second-order valence-electron chi connectivity index (χ2n) is 7.34. The van der Waals surface area contributed by atoms with E-state index in [1.165, 1.54) is 0 Å². The van der Waals surface area contributed by atoms with Gasteiger partial charge in [0.25, 0.3) is 5.91 Å². The van der Waals surface area contributed by atoms with Gasteiger partial charge in [-0.05, 0) is 42.7 Å². The van der Waals surface area contributed by atoms with Crippen molar-refractivity contribution in [3.8, 4) is 0 Å². The zero-order valence-corrected chi connectivity index (χ0v) is 16.9. The van der Waals surface area contributed by atoms with E-state index in [0.29, 0.717) is 45.3 Å². The number of hydrogen-bond donors (Lipinski definition) is 0. The standard InChI is InChI=1S/C22H17Cl2NO4/c23-15-8-7-12(10-16(15)24)19-18-20(26)14-5-1-2-6-17(14)29-21(18)22(27)25(19)11-13-4-3-9-28-13/h1-2,5-8,10,13,19H,3-4,9,11H2/t13-,19-/m1/s1. The molecule has 3 aromatic rings. The van der Waals surface area contributed by atoms with Gasteiger partial charge in [0, 0.05) is 13.2 Å². The first kappa shape index (κ1) is 18.7. The first-order valence-corrected chi connectivity index (χ1v) is 10.2. The molecular weight excluding hydrogens is 413 g/mol. The molecule has 1 amide bonds. The Kier molecular flexibility index (Phi) is 4.62. The molecule has 1 saturated heterocycles. The molecule has 29 heavy (non-hydrogen) atoms. The first-order chi connectivity index (χ1) is 14.0. The summed E-state index contributed by atoms with van der Waals surface area (Å²) in [6, 6.07) is 11.5. The Morgan fingerprint density at radius 3 is 2.66 bits per heavy atom. The van der Waals surface area contributed by atoms with E-state index in [2.05, 4.69) is 0 Å². The number of halogens is 2. The SMILES string of the molecule is O=C1c2oc3ccccc3c(=O)c2[C@@H](c2ccc(Cl)c(Cl)c2)N1C[C@H]1CCCO1. The molecular formula is C22H17Cl2NO4. The third-order valence-electron chi connectivity index (χ3n) is 5.56. The Balaban J connectivity index is 1.71. The number of carbonyl (C=O) groups excluding carboxylic acids is 1. The summed E-state index contributed by atoms with van der Waals surface area (Å²) in [4.78, 5) is 28.3. The van der Waals surface area contributed by atoms with Crippen molar-refractivity contribution in [3.63, 3.8) is 0 Å². The summed E-state index contributed by atoms with van der Waals surface area (Å²) in [5.41, 5.74) is 1.25. The Labute approximate surface area is 176 Å². The Morgan fingerprint density at radius 1 is 1.07 bits per heavy atom. The van der Waals surface area contributed by atoms with Crippen molar-refractivity contribution in [3.05, 3.63) is 79.6 Å². The van der Waals surface area contributed by atoms with Gasteiger partial charge >= 0.3 is 0 Å². The van der Waals surface area contributed by atoms with Gasteiger partial charge in [-0.3, -0.25) is 9.59 Å². The van der Waals surface area contributed by atoms with Crippen LogP contribution in [0.25, 0.3) is 11.0 Å². The molecule has 3 heterocycles. The summed E-state index contributed by atoms with van der Waals surface area (Å²) < 4.78 is 11.7. The quantitative estimate of drug-likeness (QED) is 0.598. The van der Waals surface area contributed by atoms with E-state index in [9.17, 15) is 9.59 Å². The molecule has 1 aromatic heterocycles. The highest BCUT2D eigenvalue weighted by Gasteiger charge is 2.44. The lowest BCUT2D eigenvalue weighted by atomic mass is 9.98. The lowest BCUT2D eigenvalue weighted by Crippen LogP contribution is -2.36. The molecule has 0 radical (unpaired) electrons. The van der Waals surface area contributed by atoms with Crippen LogP contribution in [0.1, 0.15) is 40.6 Å². The first-order valence-electron chi connectivity index (χ1n) is 9.48. The maximum absolute atomic E-state index is 13.4. The van der Waals surface area contributed by atoms with E-state index in [1.54, 1.807) is 47.4 Å². The van der Waals surface area contributed by atoms with Gasteiger partial charge < -0.3 is 14.1 Å². The van der Waals surface area contributed by atoms with Crippen molar-refractivity contribution in [2.24, 2.45) is 0 Å². The number of benzene rings is 2. The molecule has 2 atom stereocenters. The summed E-state index contributed by atoms with van der Waals surface area (Å²) in [5, 5.41) is 1.23. The highest BCUT2D eigenvalue weighted by molar-refractivity contribution is 6.42. The molecule has 7 heteroatoms. The van der Waals surface area contributed by atoms with Gasteiger partial charge in [0.05, 0.1) is 33.1 Å². The van der Waals surface area contributed by atoms with Gasteiger partial charge in [-0.25, -0.2) is 0 Å². The summed E-state index contributed by atoms with van der Waals surface area (Å²) in [7, 11) is 0. The van der Waals surface area contributed by atoms with Crippen molar-refractivity contribution in [2.75, 3.05) is 13.2 Å². The number of hydrogen-bond acceptors (Lipinski definition) is 4. The van der Waals surface area contributed by atoms with Crippen molar-refractivity contribution in [2.45, 2.75) is 25.0 Å². The van der Waals surface area contributed by atoms with E-state index in [1.807, 2.05) is 0 Å². The number of carbonyl (C=O) groups is 1. The van der Waals surface area contributed by atoms with E-state index < -0.39 is 6.04 Å². The zero-order valence-electron chi connectivity index (χ0n) is 15.4. The molecule has 0 N–H and O–H groups in total. The Morgan fingerprint density at radius 2 is 1.90 bits per heavy atom. The topological polar surface area (TPSA) is 59.8 Å². The van der Waals surface area contributed by atoms with Gasteiger partial charge in [0.1, 0.15) is 5.58 Å². The minimum Gasteiger partial charge on any atom is -0.450 e. The minimum absolute atomic E-state index is 0.0666. The molecule has 2 aromatic carbocycles. The second-order valence-corrected chi connectivity index (χ2v) is 8.15. The fourth-order valence-corrected chi connectivity index (χ4v) is 4.50. The van der Waals surface area contributed by atoms with Crippen LogP contribution in [-0.2, 0) is 4.74 Å². The molecule has 0 bridgehead atoms. The Hall–Kier alpha value is -2.34. The fourth-order valence-electron chi connectivity index (χ4n) is 4.19. The van der Waals surface area contributed by atoms with Crippen LogP contribution in [0.4, 0.5) is 0 Å². The number of ether oxygens (including phenoxy) is 1. The zero-order chi connectivity index (χ0) is 20.1. The van der Waals surface area contributed by atoms with Crippen molar-refractivity contribution < 1.29 is 13.9 Å². The molecule has 0 aliphatic carbocycles.